The first kappa shape index (κ1) is 9.90. The molecule has 0 saturated heterocycles. The molecule has 2 nitrogen and oxygen atoms in total. The Morgan fingerprint density at radius 2 is 1.85 bits per heavy atom. The van der Waals surface area contributed by atoms with Gasteiger partial charge in [-0.2, -0.15) is 0 Å². The average Bonchev–Trinajstić information content (AvgIpc) is 2.08. The van der Waals surface area contributed by atoms with Crippen LogP contribution < -0.4 is 0 Å². The molecule has 1 rings (SSSR count). The van der Waals surface area contributed by atoms with Crippen LogP contribution in [0.1, 0.15) is 32.6 Å². The standard InChI is InChI=1S/C11H14O2/c1-9(12)3-2-4-10-5-7-11(13)8-6-10/h2-4H,5-8H2,1H3/b3-2+. The van der Waals surface area contributed by atoms with Gasteiger partial charge in [0.2, 0.25) is 0 Å². The van der Waals surface area contributed by atoms with Crippen molar-refractivity contribution in [3.8, 4) is 0 Å². The lowest BCUT2D eigenvalue weighted by Gasteiger charge is -2.11. The molecule has 0 unspecified atom stereocenters. The van der Waals surface area contributed by atoms with Crippen molar-refractivity contribution in [3.63, 3.8) is 0 Å². The number of carbonyl (C=O) groups excluding carboxylic acids is 2. The number of carbonyl (C=O) groups is 2. The number of ketones is 2. The van der Waals surface area contributed by atoms with Crippen LogP contribution in [0.15, 0.2) is 23.8 Å². The fraction of sp³-hybridized carbons (Fsp3) is 0.455. The van der Waals surface area contributed by atoms with Crippen molar-refractivity contribution in [3.05, 3.63) is 23.8 Å². The summed E-state index contributed by atoms with van der Waals surface area (Å²) in [4.78, 5) is 21.5. The van der Waals surface area contributed by atoms with Crippen LogP contribution in [0.4, 0.5) is 0 Å². The lowest BCUT2D eigenvalue weighted by atomic mass is 9.93. The molecule has 1 aliphatic rings. The van der Waals surface area contributed by atoms with Gasteiger partial charge < -0.3 is 0 Å². The molecule has 0 heterocycles. The van der Waals surface area contributed by atoms with E-state index in [9.17, 15) is 9.59 Å². The predicted molar refractivity (Wildman–Crippen MR) is 51.4 cm³/mol. The zero-order valence-corrected chi connectivity index (χ0v) is 7.88. The largest absolute Gasteiger partial charge is 0.300 e. The molecule has 0 spiro atoms. The monoisotopic (exact) mass is 178 g/mol. The molecule has 0 radical (unpaired) electrons. The molecule has 1 fully saturated rings. The van der Waals surface area contributed by atoms with Crippen molar-refractivity contribution in [1.82, 2.24) is 0 Å². The van der Waals surface area contributed by atoms with Gasteiger partial charge in [-0.25, -0.2) is 0 Å². The van der Waals surface area contributed by atoms with E-state index in [0.29, 0.717) is 18.6 Å². The molecular weight excluding hydrogens is 164 g/mol. The van der Waals surface area contributed by atoms with Crippen molar-refractivity contribution in [2.75, 3.05) is 0 Å². The molecule has 0 N–H and O–H groups in total. The Labute approximate surface area is 78.3 Å². The molecule has 0 aromatic carbocycles. The van der Waals surface area contributed by atoms with Crippen LogP contribution in [0.25, 0.3) is 0 Å². The van der Waals surface area contributed by atoms with Gasteiger partial charge in [-0.1, -0.05) is 17.7 Å². The molecule has 13 heavy (non-hydrogen) atoms. The fourth-order valence-electron chi connectivity index (χ4n) is 1.34. The number of hydrogen-bond donors (Lipinski definition) is 0. The lowest BCUT2D eigenvalue weighted by molar-refractivity contribution is -0.119. The van der Waals surface area contributed by atoms with Gasteiger partial charge in [0.1, 0.15) is 5.78 Å². The molecule has 0 aromatic rings. The first-order valence-electron chi connectivity index (χ1n) is 4.57. The van der Waals surface area contributed by atoms with E-state index in [4.69, 9.17) is 0 Å². The van der Waals surface area contributed by atoms with Gasteiger partial charge >= 0.3 is 0 Å². The Kier molecular flexibility index (Phi) is 3.62. The highest BCUT2D eigenvalue weighted by atomic mass is 16.1. The summed E-state index contributed by atoms with van der Waals surface area (Å²) >= 11 is 0. The Hall–Kier alpha value is -1.18. The fourth-order valence-corrected chi connectivity index (χ4v) is 1.34. The van der Waals surface area contributed by atoms with Crippen LogP contribution in [-0.2, 0) is 9.59 Å². The maximum atomic E-state index is 10.9. The second-order valence-electron chi connectivity index (χ2n) is 3.33. The van der Waals surface area contributed by atoms with Crippen LogP contribution in [0.2, 0.25) is 0 Å². The van der Waals surface area contributed by atoms with Crippen LogP contribution in [0, 0.1) is 0 Å². The average molecular weight is 178 g/mol. The van der Waals surface area contributed by atoms with Crippen LogP contribution >= 0.6 is 0 Å². The normalized spacial score (nSPS) is 17.9. The molecule has 0 amide bonds. The minimum atomic E-state index is 0.0590. The summed E-state index contributed by atoms with van der Waals surface area (Å²) in [6.45, 7) is 1.53. The number of rotatable bonds is 2. The number of hydrogen-bond acceptors (Lipinski definition) is 2. The molecule has 0 aromatic heterocycles. The topological polar surface area (TPSA) is 34.1 Å². The van der Waals surface area contributed by atoms with Crippen molar-refractivity contribution in [1.29, 1.82) is 0 Å². The molecule has 0 aliphatic heterocycles. The van der Waals surface area contributed by atoms with Crippen LogP contribution in [0.5, 0.6) is 0 Å². The van der Waals surface area contributed by atoms with Gasteiger partial charge in [0.15, 0.2) is 5.78 Å². The maximum Gasteiger partial charge on any atom is 0.152 e. The summed E-state index contributed by atoms with van der Waals surface area (Å²) < 4.78 is 0. The second-order valence-corrected chi connectivity index (χ2v) is 3.33. The van der Waals surface area contributed by atoms with Crippen molar-refractivity contribution in [2.24, 2.45) is 0 Å². The molecule has 1 aliphatic carbocycles. The van der Waals surface area contributed by atoms with Gasteiger partial charge in [-0.15, -0.1) is 0 Å². The predicted octanol–water partition coefficient (Wildman–Crippen LogP) is 2.20. The van der Waals surface area contributed by atoms with Crippen molar-refractivity contribution in [2.45, 2.75) is 32.6 Å². The van der Waals surface area contributed by atoms with E-state index < -0.39 is 0 Å². The van der Waals surface area contributed by atoms with Gasteiger partial charge in [0.25, 0.3) is 0 Å². The third kappa shape index (κ3) is 3.83. The highest BCUT2D eigenvalue weighted by molar-refractivity contribution is 5.87. The zero-order chi connectivity index (χ0) is 9.68. The molecule has 0 atom stereocenters. The highest BCUT2D eigenvalue weighted by Crippen LogP contribution is 2.20. The summed E-state index contributed by atoms with van der Waals surface area (Å²) in [5, 5.41) is 0. The van der Waals surface area contributed by atoms with E-state index in [1.54, 1.807) is 12.2 Å². The third-order valence-corrected chi connectivity index (χ3v) is 2.11. The van der Waals surface area contributed by atoms with E-state index >= 15 is 0 Å². The Balaban J connectivity index is 2.44. The maximum absolute atomic E-state index is 10.9. The number of allylic oxidation sites excluding steroid dienone is 4. The zero-order valence-electron chi connectivity index (χ0n) is 7.88. The molecule has 1 saturated carbocycles. The Bertz CT molecular complexity index is 260. The van der Waals surface area contributed by atoms with Crippen molar-refractivity contribution >= 4 is 11.6 Å². The number of Topliss-reactive ketones (excluding diaryl/α,β-unsaturated/α-hetero) is 1. The van der Waals surface area contributed by atoms with Crippen LogP contribution in [-0.4, -0.2) is 11.6 Å². The molecule has 0 bridgehead atoms. The first-order valence-corrected chi connectivity index (χ1v) is 4.57. The minimum absolute atomic E-state index is 0.0590. The second kappa shape index (κ2) is 4.75. The highest BCUT2D eigenvalue weighted by Gasteiger charge is 2.11. The molecule has 70 valence electrons. The van der Waals surface area contributed by atoms with Gasteiger partial charge in [0, 0.05) is 12.8 Å². The summed E-state index contributed by atoms with van der Waals surface area (Å²) in [5.74, 6) is 0.413. The van der Waals surface area contributed by atoms with Gasteiger partial charge in [0.05, 0.1) is 0 Å². The lowest BCUT2D eigenvalue weighted by Crippen LogP contribution is -2.05. The Morgan fingerprint density at radius 3 is 2.38 bits per heavy atom. The molecular formula is C11H14O2. The first-order chi connectivity index (χ1) is 6.18. The summed E-state index contributed by atoms with van der Waals surface area (Å²) in [6, 6.07) is 0. The van der Waals surface area contributed by atoms with E-state index in [-0.39, 0.29) is 5.78 Å². The minimum Gasteiger partial charge on any atom is -0.300 e. The van der Waals surface area contributed by atoms with Crippen LogP contribution in [0.3, 0.4) is 0 Å². The summed E-state index contributed by atoms with van der Waals surface area (Å²) in [6.07, 6.45) is 8.33. The summed E-state index contributed by atoms with van der Waals surface area (Å²) in [7, 11) is 0. The van der Waals surface area contributed by atoms with Crippen molar-refractivity contribution < 1.29 is 9.59 Å². The summed E-state index contributed by atoms with van der Waals surface area (Å²) in [5.41, 5.74) is 1.28. The van der Waals surface area contributed by atoms with Gasteiger partial charge in [-0.05, 0) is 25.8 Å². The van der Waals surface area contributed by atoms with E-state index in [0.717, 1.165) is 12.8 Å². The smallest absolute Gasteiger partial charge is 0.152 e. The van der Waals surface area contributed by atoms with E-state index in [1.807, 2.05) is 6.08 Å². The van der Waals surface area contributed by atoms with E-state index in [1.165, 1.54) is 12.5 Å². The van der Waals surface area contributed by atoms with E-state index in [2.05, 4.69) is 0 Å². The quantitative estimate of drug-likeness (QED) is 0.607. The third-order valence-electron chi connectivity index (χ3n) is 2.11. The Morgan fingerprint density at radius 1 is 1.23 bits per heavy atom. The SMILES string of the molecule is CC(=O)/C=C/C=C1CCC(=O)CC1. The van der Waals surface area contributed by atoms with Gasteiger partial charge in [-0.3, -0.25) is 9.59 Å². The molecule has 2 heteroatoms.